The predicted octanol–water partition coefficient (Wildman–Crippen LogP) is 7.22. The van der Waals surface area contributed by atoms with Gasteiger partial charge in [-0.25, -0.2) is 0 Å². The molecule has 3 atom stereocenters. The van der Waals surface area contributed by atoms with Gasteiger partial charge in [0.05, 0.1) is 19.1 Å². The fraction of sp³-hybridized carbons (Fsp3) is 0.324. The summed E-state index contributed by atoms with van der Waals surface area (Å²) in [6, 6.07) is 38.7. The van der Waals surface area contributed by atoms with Gasteiger partial charge in [0, 0.05) is 19.1 Å². The number of methoxy groups -OCH3 is 1. The molecule has 220 valence electrons. The molecule has 1 N–H and O–H groups in total. The average Bonchev–Trinajstić information content (AvgIpc) is 3.03. The Bertz CT molecular complexity index is 1270. The van der Waals surface area contributed by atoms with Crippen LogP contribution in [0, 0.1) is 5.92 Å². The van der Waals surface area contributed by atoms with Crippen molar-refractivity contribution in [2.45, 2.75) is 64.4 Å². The number of aliphatic hydroxyl groups excluding tert-OH is 1. The number of rotatable bonds is 16. The van der Waals surface area contributed by atoms with E-state index in [1.165, 1.54) is 18.2 Å². The van der Waals surface area contributed by atoms with Crippen LogP contribution in [0.3, 0.4) is 0 Å². The SMILES string of the molecule is CCC[C@@H](C[C@H](O)[C@H](Cc1ccc(OCc2ccccc2)cc1)N(Cc1ccccc1)Cc1ccccc1)C(=O)OC. The van der Waals surface area contributed by atoms with E-state index in [2.05, 4.69) is 60.4 Å². The van der Waals surface area contributed by atoms with Crippen molar-refractivity contribution in [3.8, 4) is 5.75 Å². The van der Waals surface area contributed by atoms with Crippen molar-refractivity contribution in [1.29, 1.82) is 0 Å². The summed E-state index contributed by atoms with van der Waals surface area (Å²) in [4.78, 5) is 15.0. The normalized spacial score (nSPS) is 13.3. The Labute approximate surface area is 250 Å². The third kappa shape index (κ3) is 9.57. The van der Waals surface area contributed by atoms with E-state index in [9.17, 15) is 9.90 Å². The second kappa shape index (κ2) is 16.5. The molecule has 0 spiro atoms. The lowest BCUT2D eigenvalue weighted by Crippen LogP contribution is -2.45. The van der Waals surface area contributed by atoms with E-state index in [1.807, 2.05) is 66.7 Å². The molecule has 0 aliphatic rings. The highest BCUT2D eigenvalue weighted by molar-refractivity contribution is 5.72. The Balaban J connectivity index is 1.59. The summed E-state index contributed by atoms with van der Waals surface area (Å²) >= 11 is 0. The summed E-state index contributed by atoms with van der Waals surface area (Å²) in [5.41, 5.74) is 4.57. The highest BCUT2D eigenvalue weighted by Gasteiger charge is 2.31. The Morgan fingerprint density at radius 3 is 1.76 bits per heavy atom. The maximum absolute atomic E-state index is 12.6. The van der Waals surface area contributed by atoms with Crippen molar-refractivity contribution in [2.75, 3.05) is 7.11 Å². The first-order valence-corrected chi connectivity index (χ1v) is 14.9. The lowest BCUT2D eigenvalue weighted by atomic mass is 9.89. The zero-order valence-corrected chi connectivity index (χ0v) is 24.8. The smallest absolute Gasteiger partial charge is 0.308 e. The maximum Gasteiger partial charge on any atom is 0.308 e. The zero-order valence-electron chi connectivity index (χ0n) is 24.8. The highest BCUT2D eigenvalue weighted by atomic mass is 16.5. The molecule has 0 unspecified atom stereocenters. The zero-order chi connectivity index (χ0) is 29.6. The number of carbonyl (C=O) groups excluding carboxylic acids is 1. The van der Waals surface area contributed by atoms with E-state index < -0.39 is 6.10 Å². The molecule has 0 heterocycles. The maximum atomic E-state index is 12.6. The number of hydrogen-bond donors (Lipinski definition) is 1. The first-order valence-electron chi connectivity index (χ1n) is 14.9. The third-order valence-corrected chi connectivity index (χ3v) is 7.68. The molecule has 0 saturated carbocycles. The molecule has 5 heteroatoms. The first kappa shape index (κ1) is 31.0. The van der Waals surface area contributed by atoms with Gasteiger partial charge < -0.3 is 14.6 Å². The monoisotopic (exact) mass is 565 g/mol. The average molecular weight is 566 g/mol. The molecule has 4 aromatic carbocycles. The van der Waals surface area contributed by atoms with Crippen LogP contribution in [-0.2, 0) is 35.6 Å². The van der Waals surface area contributed by atoms with E-state index >= 15 is 0 Å². The third-order valence-electron chi connectivity index (χ3n) is 7.68. The molecule has 0 amide bonds. The van der Waals surface area contributed by atoms with Crippen LogP contribution in [-0.4, -0.2) is 35.2 Å². The van der Waals surface area contributed by atoms with Gasteiger partial charge in [0.25, 0.3) is 0 Å². The topological polar surface area (TPSA) is 59.0 Å². The van der Waals surface area contributed by atoms with Gasteiger partial charge in [-0.15, -0.1) is 0 Å². The van der Waals surface area contributed by atoms with E-state index in [0.29, 0.717) is 39.0 Å². The van der Waals surface area contributed by atoms with Gasteiger partial charge >= 0.3 is 5.97 Å². The van der Waals surface area contributed by atoms with Crippen LogP contribution in [0.4, 0.5) is 0 Å². The van der Waals surface area contributed by atoms with Crippen molar-refractivity contribution in [3.63, 3.8) is 0 Å². The molecule has 0 aliphatic heterocycles. The van der Waals surface area contributed by atoms with Crippen LogP contribution in [0.25, 0.3) is 0 Å². The molecule has 42 heavy (non-hydrogen) atoms. The molecule has 5 nitrogen and oxygen atoms in total. The quantitative estimate of drug-likeness (QED) is 0.145. The number of nitrogens with zero attached hydrogens (tertiary/aromatic N) is 1. The van der Waals surface area contributed by atoms with Gasteiger partial charge in [0.2, 0.25) is 0 Å². The minimum atomic E-state index is -0.734. The van der Waals surface area contributed by atoms with Crippen LogP contribution < -0.4 is 4.74 Å². The van der Waals surface area contributed by atoms with Crippen LogP contribution in [0.1, 0.15) is 48.4 Å². The van der Waals surface area contributed by atoms with Crippen molar-refractivity contribution in [3.05, 3.63) is 138 Å². The summed E-state index contributed by atoms with van der Waals surface area (Å²) in [6.45, 7) is 3.91. The molecular weight excluding hydrogens is 522 g/mol. The summed E-state index contributed by atoms with van der Waals surface area (Å²) in [5, 5.41) is 11.8. The number of carbonyl (C=O) groups is 1. The number of esters is 1. The number of aliphatic hydroxyl groups is 1. The van der Waals surface area contributed by atoms with Gasteiger partial charge in [0.15, 0.2) is 0 Å². The van der Waals surface area contributed by atoms with E-state index in [4.69, 9.17) is 9.47 Å². The van der Waals surface area contributed by atoms with Crippen molar-refractivity contribution in [2.24, 2.45) is 5.92 Å². The fourth-order valence-corrected chi connectivity index (χ4v) is 5.43. The van der Waals surface area contributed by atoms with E-state index in [0.717, 1.165) is 23.3 Å². The van der Waals surface area contributed by atoms with E-state index in [1.54, 1.807) is 0 Å². The van der Waals surface area contributed by atoms with Gasteiger partial charge in [-0.05, 0) is 53.6 Å². The lowest BCUT2D eigenvalue weighted by molar-refractivity contribution is -0.147. The number of hydrogen-bond acceptors (Lipinski definition) is 5. The second-order valence-corrected chi connectivity index (χ2v) is 10.9. The second-order valence-electron chi connectivity index (χ2n) is 10.9. The van der Waals surface area contributed by atoms with Crippen molar-refractivity contribution < 1.29 is 19.4 Å². The molecule has 0 fully saturated rings. The lowest BCUT2D eigenvalue weighted by Gasteiger charge is -2.36. The first-order chi connectivity index (χ1) is 20.6. The molecule has 4 aromatic rings. The molecule has 4 rings (SSSR count). The highest BCUT2D eigenvalue weighted by Crippen LogP contribution is 2.26. The standard InChI is InChI=1S/C37H43NO4/c1-3-13-33(37(40)41-2)25-36(39)35(24-29-20-22-34(23-21-29)42-28-32-18-11-6-12-19-32)38(26-30-14-7-4-8-15-30)27-31-16-9-5-10-17-31/h4-12,14-23,33,35-36,39H,3,13,24-28H2,1-2H3/t33-,35-,36-/m0/s1. The number of ether oxygens (including phenoxy) is 2. The summed E-state index contributed by atoms with van der Waals surface area (Å²) in [5.74, 6) is 0.202. The summed E-state index contributed by atoms with van der Waals surface area (Å²) in [7, 11) is 1.42. The Kier molecular flexibility index (Phi) is 12.2. The van der Waals surface area contributed by atoms with Gasteiger partial charge in [-0.3, -0.25) is 9.69 Å². The molecule has 0 saturated heterocycles. The molecular formula is C37H43NO4. The van der Waals surface area contributed by atoms with Crippen LogP contribution in [0.2, 0.25) is 0 Å². The Hall–Kier alpha value is -3.93. The summed E-state index contributed by atoms with van der Waals surface area (Å²) in [6.07, 6.45) is 1.77. The summed E-state index contributed by atoms with van der Waals surface area (Å²) < 4.78 is 11.1. The molecule has 0 aromatic heterocycles. The van der Waals surface area contributed by atoms with Gasteiger partial charge in [-0.1, -0.05) is 116 Å². The van der Waals surface area contributed by atoms with E-state index in [-0.39, 0.29) is 17.9 Å². The number of benzene rings is 4. The Morgan fingerprint density at radius 2 is 1.26 bits per heavy atom. The van der Waals surface area contributed by atoms with Crippen molar-refractivity contribution >= 4 is 5.97 Å². The minimum Gasteiger partial charge on any atom is -0.489 e. The van der Waals surface area contributed by atoms with Crippen molar-refractivity contribution in [1.82, 2.24) is 4.90 Å². The largest absolute Gasteiger partial charge is 0.489 e. The van der Waals surface area contributed by atoms with Crippen LogP contribution in [0.15, 0.2) is 115 Å². The van der Waals surface area contributed by atoms with Gasteiger partial charge in [0.1, 0.15) is 12.4 Å². The minimum absolute atomic E-state index is 0.231. The fourth-order valence-electron chi connectivity index (χ4n) is 5.43. The predicted molar refractivity (Wildman–Crippen MR) is 168 cm³/mol. The van der Waals surface area contributed by atoms with Crippen LogP contribution in [0.5, 0.6) is 5.75 Å². The Morgan fingerprint density at radius 1 is 0.738 bits per heavy atom. The van der Waals surface area contributed by atoms with Crippen LogP contribution >= 0.6 is 0 Å². The van der Waals surface area contributed by atoms with Gasteiger partial charge in [-0.2, -0.15) is 0 Å². The molecule has 0 bridgehead atoms. The molecule has 0 radical (unpaired) electrons. The molecule has 0 aliphatic carbocycles.